The fraction of sp³-hybridized carbons (Fsp3) is 0.407. The minimum absolute atomic E-state index is 0.00292. The van der Waals surface area contributed by atoms with Crippen LogP contribution in [0.1, 0.15) is 67.2 Å². The molecule has 0 radical (unpaired) electrons. The Morgan fingerprint density at radius 3 is 2.39 bits per heavy atom. The molecule has 11 heteroatoms. The summed E-state index contributed by atoms with van der Waals surface area (Å²) in [5.41, 5.74) is 1.47. The third-order valence-corrected chi connectivity index (χ3v) is 6.69. The van der Waals surface area contributed by atoms with Crippen molar-refractivity contribution in [3.8, 4) is 5.82 Å². The van der Waals surface area contributed by atoms with E-state index in [0.717, 1.165) is 36.6 Å². The van der Waals surface area contributed by atoms with Crippen LogP contribution in [0.15, 0.2) is 55.1 Å². The Hall–Kier alpha value is -3.89. The lowest BCUT2D eigenvalue weighted by Crippen LogP contribution is -2.38. The number of rotatable bonds is 10. The van der Waals surface area contributed by atoms with Gasteiger partial charge in [-0.3, -0.25) is 14.2 Å². The normalized spacial score (nSPS) is 15.9. The number of hydrogen-bond acceptors (Lipinski definition) is 5. The van der Waals surface area contributed by atoms with Gasteiger partial charge < -0.3 is 15.7 Å². The zero-order valence-electron chi connectivity index (χ0n) is 21.1. The third-order valence-electron chi connectivity index (χ3n) is 6.69. The van der Waals surface area contributed by atoms with Crippen LogP contribution in [-0.2, 0) is 11.0 Å². The van der Waals surface area contributed by atoms with E-state index >= 15 is 0 Å². The molecule has 1 aromatic carbocycles. The van der Waals surface area contributed by atoms with Crippen molar-refractivity contribution in [2.24, 2.45) is 11.3 Å². The third kappa shape index (κ3) is 6.70. The number of carboxylic acids is 1. The van der Waals surface area contributed by atoms with Gasteiger partial charge in [0.25, 0.3) is 5.91 Å². The molecule has 3 aromatic rings. The second-order valence-corrected chi connectivity index (χ2v) is 10.4. The second-order valence-electron chi connectivity index (χ2n) is 10.4. The molecule has 3 N–H and O–H groups in total. The summed E-state index contributed by atoms with van der Waals surface area (Å²) in [6.45, 7) is 4.72. The summed E-state index contributed by atoms with van der Waals surface area (Å²) in [6.07, 6.45) is 1.43. The van der Waals surface area contributed by atoms with Gasteiger partial charge in [0.15, 0.2) is 5.69 Å². The monoisotopic (exact) mass is 529 g/mol. The van der Waals surface area contributed by atoms with Crippen molar-refractivity contribution < 1.29 is 27.9 Å². The summed E-state index contributed by atoms with van der Waals surface area (Å²) in [7, 11) is 0. The van der Waals surface area contributed by atoms with Crippen LogP contribution in [0.5, 0.6) is 0 Å². The predicted octanol–water partition coefficient (Wildman–Crippen LogP) is 5.47. The number of aromatic nitrogens is 3. The first-order valence-corrected chi connectivity index (χ1v) is 12.4. The molecule has 8 nitrogen and oxygen atoms in total. The summed E-state index contributed by atoms with van der Waals surface area (Å²) in [4.78, 5) is 30.7. The molecule has 2 aromatic heterocycles. The predicted molar refractivity (Wildman–Crippen MR) is 135 cm³/mol. The first-order valence-electron chi connectivity index (χ1n) is 12.4. The van der Waals surface area contributed by atoms with E-state index in [1.807, 2.05) is 12.1 Å². The number of pyridine rings is 1. The van der Waals surface area contributed by atoms with Gasteiger partial charge in [0.2, 0.25) is 0 Å². The Bertz CT molecular complexity index is 1260. The number of carbonyl (C=O) groups is 2. The van der Waals surface area contributed by atoms with Crippen molar-refractivity contribution in [2.45, 2.75) is 51.7 Å². The average Bonchev–Trinajstić information content (AvgIpc) is 3.35. The first-order chi connectivity index (χ1) is 17.9. The minimum Gasteiger partial charge on any atom is -0.481 e. The molecule has 2 heterocycles. The Kier molecular flexibility index (Phi) is 7.75. The molecule has 0 aliphatic heterocycles. The SMILES string of the molecule is CC1(C)CC(C(Nc2ccc(-n3cnc(C(F)(F)F)c3)nc2)c2ccc(C(=O)NCCCC(=O)O)cc2)C1. The summed E-state index contributed by atoms with van der Waals surface area (Å²) < 4.78 is 39.8. The van der Waals surface area contributed by atoms with Gasteiger partial charge in [0, 0.05) is 24.7 Å². The van der Waals surface area contributed by atoms with Gasteiger partial charge in [0.1, 0.15) is 12.1 Å². The maximum atomic E-state index is 12.9. The van der Waals surface area contributed by atoms with Gasteiger partial charge in [-0.05, 0) is 60.4 Å². The fourth-order valence-electron chi connectivity index (χ4n) is 4.85. The highest BCUT2D eigenvalue weighted by Gasteiger charge is 2.41. The lowest BCUT2D eigenvalue weighted by Gasteiger charge is -2.47. The first kappa shape index (κ1) is 27.2. The molecule has 0 spiro atoms. The van der Waals surface area contributed by atoms with Gasteiger partial charge >= 0.3 is 12.1 Å². The molecule has 1 amide bonds. The summed E-state index contributed by atoms with van der Waals surface area (Å²) in [5, 5.41) is 15.0. The van der Waals surface area contributed by atoms with E-state index in [-0.39, 0.29) is 30.3 Å². The standard InChI is InChI=1S/C27H30F3N5O3/c1-26(2)12-19(13-26)24(17-5-7-18(8-6-17)25(38)31-11-3-4-23(36)37)34-20-9-10-22(32-14-20)35-15-21(33-16-35)27(28,29)30/h5-10,14-16,19,24,34H,3-4,11-13H2,1-2H3,(H,31,38)(H,36,37). The van der Waals surface area contributed by atoms with Gasteiger partial charge in [-0.25, -0.2) is 9.97 Å². The molecule has 1 saturated carbocycles. The number of carboxylic acid groups (broad SMARTS) is 1. The molecule has 1 fully saturated rings. The number of aliphatic carboxylic acids is 1. The molecule has 0 saturated heterocycles. The number of nitrogens with one attached hydrogen (secondary N) is 2. The van der Waals surface area contributed by atoms with Gasteiger partial charge in [-0.1, -0.05) is 26.0 Å². The largest absolute Gasteiger partial charge is 0.481 e. The van der Waals surface area contributed by atoms with Crippen molar-refractivity contribution >= 4 is 17.6 Å². The molecule has 1 aliphatic rings. The number of halogens is 3. The summed E-state index contributed by atoms with van der Waals surface area (Å²) in [5.74, 6) is -0.491. The molecule has 1 atom stereocenters. The highest BCUT2D eigenvalue weighted by Crippen LogP contribution is 2.51. The lowest BCUT2D eigenvalue weighted by atomic mass is 9.61. The Morgan fingerprint density at radius 2 is 1.84 bits per heavy atom. The molecule has 202 valence electrons. The fourth-order valence-corrected chi connectivity index (χ4v) is 4.85. The van der Waals surface area contributed by atoms with Crippen LogP contribution < -0.4 is 10.6 Å². The number of anilines is 1. The van der Waals surface area contributed by atoms with E-state index < -0.39 is 17.8 Å². The Balaban J connectivity index is 1.45. The number of amides is 1. The van der Waals surface area contributed by atoms with Crippen LogP contribution in [0, 0.1) is 11.3 Å². The van der Waals surface area contributed by atoms with Crippen LogP contribution in [0.3, 0.4) is 0 Å². The number of benzene rings is 1. The number of nitrogens with zero attached hydrogens (tertiary/aromatic N) is 3. The van der Waals surface area contributed by atoms with E-state index in [1.54, 1.807) is 30.5 Å². The van der Waals surface area contributed by atoms with Gasteiger partial charge in [-0.2, -0.15) is 13.2 Å². The Morgan fingerprint density at radius 1 is 1.13 bits per heavy atom. The number of carbonyl (C=O) groups excluding carboxylic acids is 1. The van der Waals surface area contributed by atoms with Crippen molar-refractivity contribution in [1.29, 1.82) is 0 Å². The topological polar surface area (TPSA) is 109 Å². The number of alkyl halides is 3. The van der Waals surface area contributed by atoms with E-state index in [9.17, 15) is 22.8 Å². The van der Waals surface area contributed by atoms with Crippen LogP contribution >= 0.6 is 0 Å². The van der Waals surface area contributed by atoms with Crippen LogP contribution in [0.4, 0.5) is 18.9 Å². The maximum Gasteiger partial charge on any atom is 0.434 e. The quantitative estimate of drug-likeness (QED) is 0.301. The molecule has 4 rings (SSSR count). The van der Waals surface area contributed by atoms with Crippen LogP contribution in [0.2, 0.25) is 0 Å². The average molecular weight is 530 g/mol. The molecule has 0 bridgehead atoms. The maximum absolute atomic E-state index is 12.9. The minimum atomic E-state index is -4.52. The smallest absolute Gasteiger partial charge is 0.434 e. The molecular formula is C27H30F3N5O3. The van der Waals surface area contributed by atoms with E-state index in [0.29, 0.717) is 23.7 Å². The lowest BCUT2D eigenvalue weighted by molar-refractivity contribution is -0.141. The highest BCUT2D eigenvalue weighted by atomic mass is 19.4. The number of hydrogen-bond donors (Lipinski definition) is 3. The summed E-state index contributed by atoms with van der Waals surface area (Å²) in [6, 6.07) is 10.7. The van der Waals surface area contributed by atoms with Crippen LogP contribution in [0.25, 0.3) is 5.82 Å². The highest BCUT2D eigenvalue weighted by molar-refractivity contribution is 5.94. The van der Waals surface area contributed by atoms with Crippen molar-refractivity contribution in [2.75, 3.05) is 11.9 Å². The van der Waals surface area contributed by atoms with E-state index in [1.165, 1.54) is 4.57 Å². The molecule has 1 aliphatic carbocycles. The van der Waals surface area contributed by atoms with Crippen molar-refractivity contribution in [3.05, 3.63) is 71.9 Å². The number of imidazole rings is 1. The van der Waals surface area contributed by atoms with E-state index in [2.05, 4.69) is 34.4 Å². The molecule has 1 unspecified atom stereocenters. The molecule has 38 heavy (non-hydrogen) atoms. The van der Waals surface area contributed by atoms with Gasteiger partial charge in [-0.15, -0.1) is 0 Å². The summed E-state index contributed by atoms with van der Waals surface area (Å²) >= 11 is 0. The van der Waals surface area contributed by atoms with Crippen molar-refractivity contribution in [1.82, 2.24) is 19.9 Å². The van der Waals surface area contributed by atoms with Gasteiger partial charge in [0.05, 0.1) is 17.9 Å². The van der Waals surface area contributed by atoms with Crippen molar-refractivity contribution in [3.63, 3.8) is 0 Å². The zero-order valence-corrected chi connectivity index (χ0v) is 21.1. The Labute approximate surface area is 218 Å². The second kappa shape index (κ2) is 10.8. The van der Waals surface area contributed by atoms with Crippen LogP contribution in [-0.4, -0.2) is 38.1 Å². The van der Waals surface area contributed by atoms with E-state index in [4.69, 9.17) is 5.11 Å². The molecular weight excluding hydrogens is 499 g/mol. The zero-order chi connectivity index (χ0) is 27.5.